The van der Waals surface area contributed by atoms with Gasteiger partial charge in [-0.25, -0.2) is 0 Å². The standard InChI is InChI=1S/C20H23ClN2O2/c1-25-18-10-6-15(7-11-18)13-23(17-8-9-17)14-20(24)22-12-16-4-2-3-5-19(16)21/h2-7,10-11,17H,8-9,12-14H2,1H3,(H,22,24). The average Bonchev–Trinajstić information content (AvgIpc) is 3.46. The van der Waals surface area contributed by atoms with Crippen LogP contribution in [0.25, 0.3) is 0 Å². The molecule has 1 saturated carbocycles. The van der Waals surface area contributed by atoms with Crippen LogP contribution in [-0.2, 0) is 17.9 Å². The first-order valence-electron chi connectivity index (χ1n) is 8.53. The summed E-state index contributed by atoms with van der Waals surface area (Å²) in [6, 6.07) is 16.1. The summed E-state index contributed by atoms with van der Waals surface area (Å²) in [5.74, 6) is 0.875. The lowest BCUT2D eigenvalue weighted by atomic mass is 10.2. The number of methoxy groups -OCH3 is 1. The molecule has 4 nitrogen and oxygen atoms in total. The van der Waals surface area contributed by atoms with Gasteiger partial charge >= 0.3 is 0 Å². The van der Waals surface area contributed by atoms with Crippen molar-refractivity contribution in [3.8, 4) is 5.75 Å². The van der Waals surface area contributed by atoms with E-state index in [9.17, 15) is 4.79 Å². The average molecular weight is 359 g/mol. The summed E-state index contributed by atoms with van der Waals surface area (Å²) in [4.78, 5) is 14.6. The number of carbonyl (C=O) groups excluding carboxylic acids is 1. The third kappa shape index (κ3) is 5.21. The Labute approximate surface area is 153 Å². The van der Waals surface area contributed by atoms with E-state index < -0.39 is 0 Å². The second kappa shape index (κ2) is 8.37. The highest BCUT2D eigenvalue weighted by Gasteiger charge is 2.30. The zero-order chi connectivity index (χ0) is 17.6. The minimum atomic E-state index is 0.0281. The SMILES string of the molecule is COc1ccc(CN(CC(=O)NCc2ccccc2Cl)C2CC2)cc1. The number of benzene rings is 2. The number of nitrogens with one attached hydrogen (secondary N) is 1. The van der Waals surface area contributed by atoms with Gasteiger partial charge in [-0.3, -0.25) is 9.69 Å². The van der Waals surface area contributed by atoms with Gasteiger partial charge in [0.15, 0.2) is 0 Å². The molecule has 1 N–H and O–H groups in total. The Morgan fingerprint density at radius 1 is 1.20 bits per heavy atom. The van der Waals surface area contributed by atoms with Gasteiger partial charge in [0, 0.05) is 24.2 Å². The van der Waals surface area contributed by atoms with Gasteiger partial charge in [0.1, 0.15) is 5.75 Å². The van der Waals surface area contributed by atoms with Crippen LogP contribution in [0, 0.1) is 0 Å². The maximum Gasteiger partial charge on any atom is 0.234 e. The van der Waals surface area contributed by atoms with Crippen molar-refractivity contribution in [1.82, 2.24) is 10.2 Å². The number of amides is 1. The van der Waals surface area contributed by atoms with E-state index in [1.165, 1.54) is 5.56 Å². The first-order chi connectivity index (χ1) is 12.2. The highest BCUT2D eigenvalue weighted by Crippen LogP contribution is 2.28. The molecular weight excluding hydrogens is 336 g/mol. The molecule has 0 bridgehead atoms. The molecule has 0 unspecified atom stereocenters. The van der Waals surface area contributed by atoms with Gasteiger partial charge in [-0.2, -0.15) is 0 Å². The summed E-state index contributed by atoms with van der Waals surface area (Å²) >= 11 is 6.13. The number of hydrogen-bond acceptors (Lipinski definition) is 3. The van der Waals surface area contributed by atoms with Gasteiger partial charge in [-0.15, -0.1) is 0 Å². The summed E-state index contributed by atoms with van der Waals surface area (Å²) in [6.07, 6.45) is 2.32. The molecule has 2 aromatic carbocycles. The normalized spacial score (nSPS) is 13.7. The number of carbonyl (C=O) groups is 1. The molecule has 0 spiro atoms. The van der Waals surface area contributed by atoms with Crippen molar-refractivity contribution in [2.45, 2.75) is 32.0 Å². The second-order valence-electron chi connectivity index (χ2n) is 6.35. The van der Waals surface area contributed by atoms with Crippen molar-refractivity contribution in [3.63, 3.8) is 0 Å². The van der Waals surface area contributed by atoms with Crippen LogP contribution in [0.4, 0.5) is 0 Å². The molecule has 0 aromatic heterocycles. The Morgan fingerprint density at radius 2 is 1.92 bits per heavy atom. The van der Waals surface area contributed by atoms with Crippen molar-refractivity contribution in [1.29, 1.82) is 0 Å². The predicted octanol–water partition coefficient (Wildman–Crippen LogP) is 3.63. The highest BCUT2D eigenvalue weighted by molar-refractivity contribution is 6.31. The maximum atomic E-state index is 12.3. The molecule has 0 radical (unpaired) electrons. The van der Waals surface area contributed by atoms with E-state index in [0.29, 0.717) is 24.2 Å². The van der Waals surface area contributed by atoms with Crippen molar-refractivity contribution < 1.29 is 9.53 Å². The second-order valence-corrected chi connectivity index (χ2v) is 6.76. The maximum absolute atomic E-state index is 12.3. The predicted molar refractivity (Wildman–Crippen MR) is 99.7 cm³/mol. The quantitative estimate of drug-likeness (QED) is 0.783. The molecular formula is C20H23ClN2O2. The van der Waals surface area contributed by atoms with E-state index in [1.807, 2.05) is 36.4 Å². The fourth-order valence-electron chi connectivity index (χ4n) is 2.80. The molecule has 25 heavy (non-hydrogen) atoms. The molecule has 0 saturated heterocycles. The van der Waals surface area contributed by atoms with Crippen LogP contribution in [0.2, 0.25) is 5.02 Å². The van der Waals surface area contributed by atoms with Crippen molar-refractivity contribution in [3.05, 3.63) is 64.7 Å². The van der Waals surface area contributed by atoms with Crippen LogP contribution in [0.1, 0.15) is 24.0 Å². The molecule has 0 atom stereocenters. The summed E-state index contributed by atoms with van der Waals surface area (Å²) in [6.45, 7) is 1.63. The Hall–Kier alpha value is -2.04. The monoisotopic (exact) mass is 358 g/mol. The van der Waals surface area contributed by atoms with Crippen molar-refractivity contribution >= 4 is 17.5 Å². The molecule has 132 valence electrons. The van der Waals surface area contributed by atoms with E-state index in [4.69, 9.17) is 16.3 Å². The summed E-state index contributed by atoms with van der Waals surface area (Å²) in [5, 5.41) is 3.65. The molecule has 5 heteroatoms. The Kier molecular flexibility index (Phi) is 5.95. The molecule has 1 aliphatic carbocycles. The minimum Gasteiger partial charge on any atom is -0.497 e. The van der Waals surface area contributed by atoms with E-state index in [-0.39, 0.29) is 5.91 Å². The third-order valence-corrected chi connectivity index (χ3v) is 4.76. The van der Waals surface area contributed by atoms with Gasteiger partial charge in [0.2, 0.25) is 5.91 Å². The van der Waals surface area contributed by atoms with Crippen LogP contribution >= 0.6 is 11.6 Å². The minimum absolute atomic E-state index is 0.0281. The van der Waals surface area contributed by atoms with Gasteiger partial charge < -0.3 is 10.1 Å². The first-order valence-corrected chi connectivity index (χ1v) is 8.90. The van der Waals surface area contributed by atoms with Crippen molar-refractivity contribution in [2.24, 2.45) is 0 Å². The topological polar surface area (TPSA) is 41.6 Å². The lowest BCUT2D eigenvalue weighted by Crippen LogP contribution is -2.37. The molecule has 3 rings (SSSR count). The number of halogens is 1. The summed E-state index contributed by atoms with van der Waals surface area (Å²) < 4.78 is 5.19. The number of rotatable bonds is 8. The molecule has 1 fully saturated rings. The summed E-state index contributed by atoms with van der Waals surface area (Å²) in [7, 11) is 1.66. The Morgan fingerprint density at radius 3 is 2.56 bits per heavy atom. The number of ether oxygens (including phenoxy) is 1. The van der Waals surface area contributed by atoms with Crippen LogP contribution in [0.3, 0.4) is 0 Å². The molecule has 0 aliphatic heterocycles. The zero-order valence-electron chi connectivity index (χ0n) is 14.4. The van der Waals surface area contributed by atoms with Gasteiger partial charge in [-0.05, 0) is 42.2 Å². The Balaban J connectivity index is 1.54. The van der Waals surface area contributed by atoms with Crippen LogP contribution in [0.15, 0.2) is 48.5 Å². The molecule has 0 heterocycles. The molecule has 1 aliphatic rings. The lowest BCUT2D eigenvalue weighted by Gasteiger charge is -2.21. The largest absolute Gasteiger partial charge is 0.497 e. The van der Waals surface area contributed by atoms with Gasteiger partial charge in [-0.1, -0.05) is 41.9 Å². The van der Waals surface area contributed by atoms with Crippen LogP contribution in [0.5, 0.6) is 5.75 Å². The fraction of sp³-hybridized carbons (Fsp3) is 0.350. The van der Waals surface area contributed by atoms with Crippen LogP contribution in [-0.4, -0.2) is 30.5 Å². The summed E-state index contributed by atoms with van der Waals surface area (Å²) in [5.41, 5.74) is 2.12. The van der Waals surface area contributed by atoms with Crippen molar-refractivity contribution in [2.75, 3.05) is 13.7 Å². The van der Waals surface area contributed by atoms with E-state index in [0.717, 1.165) is 30.7 Å². The third-order valence-electron chi connectivity index (χ3n) is 4.39. The molecule has 2 aromatic rings. The zero-order valence-corrected chi connectivity index (χ0v) is 15.1. The highest BCUT2D eigenvalue weighted by atomic mass is 35.5. The van der Waals surface area contributed by atoms with Crippen LogP contribution < -0.4 is 10.1 Å². The number of nitrogens with zero attached hydrogens (tertiary/aromatic N) is 1. The van der Waals surface area contributed by atoms with E-state index in [1.54, 1.807) is 7.11 Å². The van der Waals surface area contributed by atoms with Gasteiger partial charge in [0.05, 0.1) is 13.7 Å². The smallest absolute Gasteiger partial charge is 0.234 e. The lowest BCUT2D eigenvalue weighted by molar-refractivity contribution is -0.122. The molecule has 1 amide bonds. The first kappa shape index (κ1) is 17.8. The Bertz CT molecular complexity index is 714. The van der Waals surface area contributed by atoms with E-state index >= 15 is 0 Å². The number of hydrogen-bond donors (Lipinski definition) is 1. The van der Waals surface area contributed by atoms with Gasteiger partial charge in [0.25, 0.3) is 0 Å². The van der Waals surface area contributed by atoms with E-state index in [2.05, 4.69) is 22.3 Å². The fourth-order valence-corrected chi connectivity index (χ4v) is 3.00.